The van der Waals surface area contributed by atoms with Crippen molar-refractivity contribution in [1.29, 1.82) is 0 Å². The quantitative estimate of drug-likeness (QED) is 0.851. The summed E-state index contributed by atoms with van der Waals surface area (Å²) < 4.78 is 0. The first-order valence-electron chi connectivity index (χ1n) is 5.71. The van der Waals surface area contributed by atoms with Crippen LogP contribution in [-0.4, -0.2) is 11.0 Å². The van der Waals surface area contributed by atoms with Crippen LogP contribution in [0.5, 0.6) is 0 Å². The molecule has 0 aliphatic carbocycles. The average Bonchev–Trinajstić information content (AvgIpc) is 2.50. The Morgan fingerprint density at radius 1 is 1.47 bits per heavy atom. The van der Waals surface area contributed by atoms with Crippen molar-refractivity contribution in [2.45, 2.75) is 38.7 Å². The molecule has 1 heterocycles. The van der Waals surface area contributed by atoms with Crippen molar-refractivity contribution >= 4 is 23.2 Å². The molecule has 1 unspecified atom stereocenters. The monoisotopic (exact) mass is 253 g/mol. The van der Waals surface area contributed by atoms with Gasteiger partial charge in [0, 0.05) is 10.6 Å². The van der Waals surface area contributed by atoms with Crippen LogP contribution in [0.4, 0.5) is 5.69 Å². The Bertz CT molecular complexity index is 483. The van der Waals surface area contributed by atoms with Gasteiger partial charge in [0.05, 0.1) is 17.2 Å². The maximum Gasteiger partial charge on any atom is 0.234 e. The molecule has 0 saturated heterocycles. The molecule has 0 bridgehead atoms. The van der Waals surface area contributed by atoms with E-state index >= 15 is 0 Å². The zero-order valence-electron chi connectivity index (χ0n) is 10.2. The minimum Gasteiger partial charge on any atom is -0.388 e. The lowest BCUT2D eigenvalue weighted by Crippen LogP contribution is -2.26. The molecule has 0 aromatic heterocycles. The Kier molecular flexibility index (Phi) is 2.92. The van der Waals surface area contributed by atoms with Crippen molar-refractivity contribution in [3.05, 3.63) is 28.3 Å². The van der Waals surface area contributed by atoms with Gasteiger partial charge in [0.15, 0.2) is 0 Å². The fourth-order valence-electron chi connectivity index (χ4n) is 2.14. The van der Waals surface area contributed by atoms with Crippen LogP contribution >= 0.6 is 11.6 Å². The number of amides is 1. The normalized spacial score (nSPS) is 18.8. The molecule has 1 aliphatic heterocycles. The van der Waals surface area contributed by atoms with Gasteiger partial charge in [-0.3, -0.25) is 4.79 Å². The molecule has 0 fully saturated rings. The smallest absolute Gasteiger partial charge is 0.234 e. The van der Waals surface area contributed by atoms with Gasteiger partial charge in [0.1, 0.15) is 0 Å². The maximum absolute atomic E-state index is 11.9. The highest BCUT2D eigenvalue weighted by molar-refractivity contribution is 6.31. The van der Waals surface area contributed by atoms with Crippen molar-refractivity contribution in [3.8, 4) is 0 Å². The summed E-state index contributed by atoms with van der Waals surface area (Å²) in [6.45, 7) is 5.60. The van der Waals surface area contributed by atoms with Gasteiger partial charge in [-0.25, -0.2) is 0 Å². The molecule has 1 amide bonds. The number of carbonyl (C=O) groups is 1. The Labute approximate surface area is 106 Å². The van der Waals surface area contributed by atoms with Crippen molar-refractivity contribution in [1.82, 2.24) is 0 Å². The molecule has 92 valence electrons. The maximum atomic E-state index is 11.9. The fourth-order valence-corrected chi connectivity index (χ4v) is 2.36. The summed E-state index contributed by atoms with van der Waals surface area (Å²) in [7, 11) is 0. The van der Waals surface area contributed by atoms with E-state index in [0.29, 0.717) is 17.0 Å². The number of aliphatic hydroxyl groups is 1. The zero-order valence-corrected chi connectivity index (χ0v) is 10.9. The first-order chi connectivity index (χ1) is 7.87. The number of fused-ring (bicyclic) bond motifs is 1. The van der Waals surface area contributed by atoms with E-state index in [2.05, 4.69) is 5.32 Å². The minimum absolute atomic E-state index is 0.0562. The van der Waals surface area contributed by atoms with E-state index in [0.717, 1.165) is 11.3 Å². The predicted octanol–water partition coefficient (Wildman–Crippen LogP) is 3.01. The number of anilines is 1. The SMILES string of the molecule is CCC(O)c1cc(Cl)cc2c1NC(=O)C2(C)C. The first kappa shape index (κ1) is 12.4. The van der Waals surface area contributed by atoms with E-state index in [-0.39, 0.29) is 5.91 Å². The first-order valence-corrected chi connectivity index (χ1v) is 6.09. The van der Waals surface area contributed by atoms with E-state index in [9.17, 15) is 9.90 Å². The molecule has 17 heavy (non-hydrogen) atoms. The molecule has 2 N–H and O–H groups in total. The van der Waals surface area contributed by atoms with Gasteiger partial charge < -0.3 is 10.4 Å². The topological polar surface area (TPSA) is 49.3 Å². The molecule has 0 radical (unpaired) electrons. The highest BCUT2D eigenvalue weighted by Gasteiger charge is 2.40. The van der Waals surface area contributed by atoms with Crippen LogP contribution in [0.15, 0.2) is 12.1 Å². The second kappa shape index (κ2) is 4.00. The molecule has 1 aromatic carbocycles. The van der Waals surface area contributed by atoms with Crippen LogP contribution in [0.2, 0.25) is 5.02 Å². The number of hydrogen-bond acceptors (Lipinski definition) is 2. The Morgan fingerprint density at radius 2 is 2.12 bits per heavy atom. The van der Waals surface area contributed by atoms with Crippen LogP contribution in [0.1, 0.15) is 44.4 Å². The van der Waals surface area contributed by atoms with Gasteiger partial charge >= 0.3 is 0 Å². The third-order valence-corrected chi connectivity index (χ3v) is 3.58. The number of rotatable bonds is 2. The predicted molar refractivity (Wildman–Crippen MR) is 68.4 cm³/mol. The van der Waals surface area contributed by atoms with E-state index in [4.69, 9.17) is 11.6 Å². The number of benzene rings is 1. The Balaban J connectivity index is 2.64. The van der Waals surface area contributed by atoms with Gasteiger partial charge in [0.2, 0.25) is 5.91 Å². The number of halogens is 1. The van der Waals surface area contributed by atoms with Crippen molar-refractivity contribution in [2.24, 2.45) is 0 Å². The molecule has 2 rings (SSSR count). The Morgan fingerprint density at radius 3 is 2.71 bits per heavy atom. The van der Waals surface area contributed by atoms with Gasteiger partial charge in [-0.15, -0.1) is 0 Å². The summed E-state index contributed by atoms with van der Waals surface area (Å²) in [4.78, 5) is 11.9. The van der Waals surface area contributed by atoms with Gasteiger partial charge in [0.25, 0.3) is 0 Å². The lowest BCUT2D eigenvalue weighted by molar-refractivity contribution is -0.119. The van der Waals surface area contributed by atoms with E-state index in [1.54, 1.807) is 12.1 Å². The summed E-state index contributed by atoms with van der Waals surface area (Å²) >= 11 is 6.05. The van der Waals surface area contributed by atoms with Gasteiger partial charge in [-0.05, 0) is 38.0 Å². The number of hydrogen-bond donors (Lipinski definition) is 2. The van der Waals surface area contributed by atoms with Crippen LogP contribution in [0.3, 0.4) is 0 Å². The standard InChI is InChI=1S/C13H16ClNO2/c1-4-10(16)8-5-7(14)6-9-11(8)15-12(17)13(9,2)3/h5-6,10,16H,4H2,1-3H3,(H,15,17). The van der Waals surface area contributed by atoms with Crippen molar-refractivity contribution < 1.29 is 9.90 Å². The molecule has 1 atom stereocenters. The third-order valence-electron chi connectivity index (χ3n) is 3.36. The second-order valence-corrected chi connectivity index (χ2v) is 5.36. The number of aliphatic hydroxyl groups excluding tert-OH is 1. The van der Waals surface area contributed by atoms with E-state index < -0.39 is 11.5 Å². The molecule has 4 heteroatoms. The van der Waals surface area contributed by atoms with Crippen LogP contribution in [0, 0.1) is 0 Å². The lowest BCUT2D eigenvalue weighted by Gasteiger charge is -2.17. The molecule has 0 spiro atoms. The largest absolute Gasteiger partial charge is 0.388 e. The molecule has 3 nitrogen and oxygen atoms in total. The van der Waals surface area contributed by atoms with Crippen molar-refractivity contribution in [2.75, 3.05) is 5.32 Å². The van der Waals surface area contributed by atoms with E-state index in [1.165, 1.54) is 0 Å². The molecule has 0 saturated carbocycles. The van der Waals surface area contributed by atoms with Crippen molar-refractivity contribution in [3.63, 3.8) is 0 Å². The Hall–Kier alpha value is -1.06. The summed E-state index contributed by atoms with van der Waals surface area (Å²) in [5, 5.41) is 13.4. The second-order valence-electron chi connectivity index (χ2n) is 4.92. The zero-order chi connectivity index (χ0) is 12.8. The number of carbonyl (C=O) groups excluding carboxylic acids is 1. The summed E-state index contributed by atoms with van der Waals surface area (Å²) in [6.07, 6.45) is -0.0139. The van der Waals surface area contributed by atoms with E-state index in [1.807, 2.05) is 20.8 Å². The van der Waals surface area contributed by atoms with Crippen LogP contribution < -0.4 is 5.32 Å². The van der Waals surface area contributed by atoms with Gasteiger partial charge in [-0.1, -0.05) is 18.5 Å². The van der Waals surface area contributed by atoms with Crippen LogP contribution in [-0.2, 0) is 10.2 Å². The molecule has 1 aliphatic rings. The third kappa shape index (κ3) is 1.83. The highest BCUT2D eigenvalue weighted by atomic mass is 35.5. The van der Waals surface area contributed by atoms with Gasteiger partial charge in [-0.2, -0.15) is 0 Å². The average molecular weight is 254 g/mol. The molecule has 1 aromatic rings. The van der Waals surface area contributed by atoms with Crippen LogP contribution in [0.25, 0.3) is 0 Å². The number of nitrogens with one attached hydrogen (secondary N) is 1. The molecular formula is C13H16ClNO2. The fraction of sp³-hybridized carbons (Fsp3) is 0.462. The summed E-state index contributed by atoms with van der Waals surface area (Å²) in [5.74, 6) is -0.0562. The lowest BCUT2D eigenvalue weighted by atomic mass is 9.85. The molecular weight excluding hydrogens is 238 g/mol. The summed E-state index contributed by atoms with van der Waals surface area (Å²) in [6, 6.07) is 3.51. The minimum atomic E-state index is -0.600. The summed E-state index contributed by atoms with van der Waals surface area (Å²) in [5.41, 5.74) is 1.69. The highest BCUT2D eigenvalue weighted by Crippen LogP contribution is 2.43.